The first-order valence-corrected chi connectivity index (χ1v) is 7.02. The summed E-state index contributed by atoms with van der Waals surface area (Å²) in [5, 5.41) is 11.4. The molecule has 0 unspecified atom stereocenters. The van der Waals surface area contributed by atoms with Gasteiger partial charge in [-0.15, -0.1) is 0 Å². The van der Waals surface area contributed by atoms with Crippen LogP contribution in [0, 0.1) is 0 Å². The van der Waals surface area contributed by atoms with Crippen LogP contribution in [0.1, 0.15) is 5.56 Å². The van der Waals surface area contributed by atoms with E-state index in [1.165, 1.54) is 5.56 Å². The fourth-order valence-electron chi connectivity index (χ4n) is 1.70. The molecule has 0 saturated heterocycles. The molecule has 102 valence electrons. The Labute approximate surface area is 119 Å². The summed E-state index contributed by atoms with van der Waals surface area (Å²) in [6.07, 6.45) is 4.32. The maximum Gasteiger partial charge on any atom is 0.257 e. The number of rotatable bonds is 5. The minimum absolute atomic E-state index is 0.170. The van der Waals surface area contributed by atoms with Crippen molar-refractivity contribution >= 4 is 23.2 Å². The number of thiophene rings is 1. The van der Waals surface area contributed by atoms with Crippen molar-refractivity contribution in [3.05, 3.63) is 40.8 Å². The summed E-state index contributed by atoms with van der Waals surface area (Å²) in [5.74, 6) is 1.03. The van der Waals surface area contributed by atoms with Crippen LogP contribution in [0.3, 0.4) is 0 Å². The number of nitrogens with zero attached hydrogens (tertiary/aromatic N) is 5. The molecule has 3 aromatic heterocycles. The number of nitrogen functional groups attached to an aromatic ring is 1. The molecule has 3 heterocycles. The molecule has 0 atom stereocenters. The average molecular weight is 287 g/mol. The Hall–Kier alpha value is -2.48. The second-order valence-electron chi connectivity index (χ2n) is 4.08. The topological polar surface area (TPSA) is 94.5 Å². The molecule has 0 saturated carbocycles. The zero-order chi connectivity index (χ0) is 13.8. The summed E-state index contributed by atoms with van der Waals surface area (Å²) < 4.78 is 1.54. The van der Waals surface area contributed by atoms with Gasteiger partial charge in [-0.3, -0.25) is 0 Å². The maximum absolute atomic E-state index is 5.69. The van der Waals surface area contributed by atoms with E-state index in [-0.39, 0.29) is 5.95 Å². The minimum Gasteiger partial charge on any atom is -0.368 e. The van der Waals surface area contributed by atoms with Gasteiger partial charge in [0.05, 0.1) is 0 Å². The monoisotopic (exact) mass is 287 g/mol. The molecule has 0 aliphatic carbocycles. The number of anilines is 2. The van der Waals surface area contributed by atoms with Gasteiger partial charge in [0.2, 0.25) is 11.9 Å². The van der Waals surface area contributed by atoms with E-state index in [4.69, 9.17) is 5.73 Å². The van der Waals surface area contributed by atoms with E-state index in [1.807, 2.05) is 0 Å². The van der Waals surface area contributed by atoms with Gasteiger partial charge in [-0.05, 0) is 34.9 Å². The molecule has 0 aliphatic heterocycles. The van der Waals surface area contributed by atoms with E-state index in [1.54, 1.807) is 34.5 Å². The second kappa shape index (κ2) is 5.66. The van der Waals surface area contributed by atoms with Crippen molar-refractivity contribution in [2.24, 2.45) is 0 Å². The van der Waals surface area contributed by atoms with E-state index in [2.05, 4.69) is 42.2 Å². The SMILES string of the molecule is Nc1nc(NCCc2ccsc2)nc(-n2cccn2)n1. The van der Waals surface area contributed by atoms with Gasteiger partial charge in [0.25, 0.3) is 5.95 Å². The van der Waals surface area contributed by atoms with Crippen molar-refractivity contribution < 1.29 is 0 Å². The Balaban J connectivity index is 1.70. The lowest BCUT2D eigenvalue weighted by Crippen LogP contribution is -2.13. The summed E-state index contributed by atoms with van der Waals surface area (Å²) in [6, 6.07) is 3.90. The average Bonchev–Trinajstić information content (AvgIpc) is 3.11. The van der Waals surface area contributed by atoms with Gasteiger partial charge in [-0.25, -0.2) is 4.68 Å². The first-order valence-electron chi connectivity index (χ1n) is 6.08. The largest absolute Gasteiger partial charge is 0.368 e. The van der Waals surface area contributed by atoms with Crippen LogP contribution in [0.5, 0.6) is 0 Å². The van der Waals surface area contributed by atoms with Crippen molar-refractivity contribution in [1.29, 1.82) is 0 Å². The van der Waals surface area contributed by atoms with Crippen LogP contribution in [0.25, 0.3) is 5.95 Å². The van der Waals surface area contributed by atoms with E-state index >= 15 is 0 Å². The summed E-state index contributed by atoms with van der Waals surface area (Å²) in [7, 11) is 0. The summed E-state index contributed by atoms with van der Waals surface area (Å²) >= 11 is 1.69. The zero-order valence-corrected chi connectivity index (χ0v) is 11.4. The maximum atomic E-state index is 5.69. The van der Waals surface area contributed by atoms with Gasteiger partial charge in [-0.1, -0.05) is 0 Å². The van der Waals surface area contributed by atoms with Crippen molar-refractivity contribution in [2.75, 3.05) is 17.6 Å². The number of hydrogen-bond acceptors (Lipinski definition) is 7. The molecular formula is C12H13N7S. The Morgan fingerprint density at radius 1 is 1.30 bits per heavy atom. The van der Waals surface area contributed by atoms with Gasteiger partial charge < -0.3 is 11.1 Å². The normalized spacial score (nSPS) is 10.6. The first-order chi connectivity index (χ1) is 9.81. The molecule has 0 radical (unpaired) electrons. The van der Waals surface area contributed by atoms with E-state index in [9.17, 15) is 0 Å². The Kier molecular flexibility index (Phi) is 3.55. The molecule has 3 aromatic rings. The highest BCUT2D eigenvalue weighted by Crippen LogP contribution is 2.08. The molecule has 0 amide bonds. The van der Waals surface area contributed by atoms with Crippen molar-refractivity contribution in [2.45, 2.75) is 6.42 Å². The van der Waals surface area contributed by atoms with Crippen LogP contribution < -0.4 is 11.1 Å². The number of nitrogens with one attached hydrogen (secondary N) is 1. The smallest absolute Gasteiger partial charge is 0.257 e. The van der Waals surface area contributed by atoms with Gasteiger partial charge in [0, 0.05) is 18.9 Å². The third-order valence-electron chi connectivity index (χ3n) is 2.63. The van der Waals surface area contributed by atoms with Crippen LogP contribution in [0.2, 0.25) is 0 Å². The first kappa shape index (κ1) is 12.5. The Bertz CT molecular complexity index is 663. The summed E-state index contributed by atoms with van der Waals surface area (Å²) in [4.78, 5) is 12.4. The fraction of sp³-hybridized carbons (Fsp3) is 0.167. The summed E-state index contributed by atoms with van der Waals surface area (Å²) in [5.41, 5.74) is 6.98. The third-order valence-corrected chi connectivity index (χ3v) is 3.36. The molecule has 8 heteroatoms. The molecule has 7 nitrogen and oxygen atoms in total. The highest BCUT2D eigenvalue weighted by Gasteiger charge is 2.06. The number of aromatic nitrogens is 5. The molecule has 0 fully saturated rings. The lowest BCUT2D eigenvalue weighted by atomic mass is 10.2. The lowest BCUT2D eigenvalue weighted by Gasteiger charge is -2.06. The molecule has 0 aromatic carbocycles. The molecule has 0 bridgehead atoms. The van der Waals surface area contributed by atoms with E-state index in [0.717, 1.165) is 13.0 Å². The van der Waals surface area contributed by atoms with Gasteiger partial charge in [0.1, 0.15) is 0 Å². The van der Waals surface area contributed by atoms with E-state index in [0.29, 0.717) is 11.9 Å². The molecular weight excluding hydrogens is 274 g/mol. The van der Waals surface area contributed by atoms with Crippen LogP contribution in [-0.4, -0.2) is 31.3 Å². The highest BCUT2D eigenvalue weighted by atomic mass is 32.1. The minimum atomic E-state index is 0.170. The standard InChI is InChI=1S/C12H13N7S/c13-10-16-11(14-5-2-9-3-7-20-8-9)18-12(17-10)19-6-1-4-15-19/h1,3-4,6-8H,2,5H2,(H3,13,14,16,17,18). The number of hydrogen-bond donors (Lipinski definition) is 2. The molecule has 20 heavy (non-hydrogen) atoms. The Morgan fingerprint density at radius 3 is 3.00 bits per heavy atom. The third kappa shape index (κ3) is 2.91. The van der Waals surface area contributed by atoms with Crippen molar-refractivity contribution in [3.63, 3.8) is 0 Å². The van der Waals surface area contributed by atoms with Crippen LogP contribution in [0.15, 0.2) is 35.3 Å². The second-order valence-corrected chi connectivity index (χ2v) is 4.86. The highest BCUT2D eigenvalue weighted by molar-refractivity contribution is 7.07. The van der Waals surface area contributed by atoms with Crippen LogP contribution in [0.4, 0.5) is 11.9 Å². The number of nitrogens with two attached hydrogens (primary N) is 1. The van der Waals surface area contributed by atoms with Crippen LogP contribution in [-0.2, 0) is 6.42 Å². The quantitative estimate of drug-likeness (QED) is 0.735. The molecule has 0 aliphatic rings. The lowest BCUT2D eigenvalue weighted by molar-refractivity contribution is 0.798. The van der Waals surface area contributed by atoms with Gasteiger partial charge >= 0.3 is 0 Å². The molecule has 3 N–H and O–H groups in total. The van der Waals surface area contributed by atoms with Crippen molar-refractivity contribution in [1.82, 2.24) is 24.7 Å². The Morgan fingerprint density at radius 2 is 2.25 bits per heavy atom. The van der Waals surface area contributed by atoms with Crippen molar-refractivity contribution in [3.8, 4) is 5.95 Å². The van der Waals surface area contributed by atoms with Crippen LogP contribution >= 0.6 is 11.3 Å². The zero-order valence-electron chi connectivity index (χ0n) is 10.6. The molecule has 0 spiro atoms. The predicted octanol–water partition coefficient (Wildman–Crippen LogP) is 1.36. The van der Waals surface area contributed by atoms with Gasteiger partial charge in [0.15, 0.2) is 0 Å². The predicted molar refractivity (Wildman–Crippen MR) is 77.9 cm³/mol. The van der Waals surface area contributed by atoms with E-state index < -0.39 is 0 Å². The fourth-order valence-corrected chi connectivity index (χ4v) is 2.41. The summed E-state index contributed by atoms with van der Waals surface area (Å²) in [6.45, 7) is 0.735. The molecule has 3 rings (SSSR count). The van der Waals surface area contributed by atoms with Gasteiger partial charge in [-0.2, -0.15) is 31.4 Å².